The molecule has 0 N–H and O–H groups in total. The summed E-state index contributed by atoms with van der Waals surface area (Å²) in [5.74, 6) is 0.787. The summed E-state index contributed by atoms with van der Waals surface area (Å²) in [4.78, 5) is 2.01. The predicted octanol–water partition coefficient (Wildman–Crippen LogP) is 1.31. The van der Waals surface area contributed by atoms with Crippen molar-refractivity contribution in [2.24, 2.45) is 7.05 Å². The first-order valence-electron chi connectivity index (χ1n) is 3.81. The molecule has 0 aliphatic heterocycles. The molecule has 1 aromatic rings. The van der Waals surface area contributed by atoms with E-state index >= 15 is 0 Å². The number of anilines is 1. The Kier molecular flexibility index (Phi) is 2.57. The Morgan fingerprint density at radius 1 is 1.42 bits per heavy atom. The summed E-state index contributed by atoms with van der Waals surface area (Å²) in [5, 5.41) is 8.11. The van der Waals surface area contributed by atoms with Crippen LogP contribution in [-0.2, 0) is 7.05 Å². The maximum atomic E-state index is 5.74. The number of hydrogen-bond donors (Lipinski definition) is 0. The zero-order valence-electron chi connectivity index (χ0n) is 7.74. The van der Waals surface area contributed by atoms with Gasteiger partial charge >= 0.3 is 0 Å². The van der Waals surface area contributed by atoms with E-state index in [4.69, 9.17) is 11.6 Å². The fourth-order valence-electron chi connectivity index (χ4n) is 0.841. The minimum absolute atomic E-state index is 0.393. The van der Waals surface area contributed by atoms with Gasteiger partial charge in [-0.2, -0.15) is 0 Å². The summed E-state index contributed by atoms with van der Waals surface area (Å²) in [5.41, 5.74) is 0. The molecule has 0 amide bonds. The van der Waals surface area contributed by atoms with Crippen molar-refractivity contribution >= 4 is 17.5 Å². The summed E-state index contributed by atoms with van der Waals surface area (Å²) in [6, 6.07) is 0.393. The fraction of sp³-hybridized carbons (Fsp3) is 0.714. The third-order valence-corrected chi connectivity index (χ3v) is 2.22. The summed E-state index contributed by atoms with van der Waals surface area (Å²) in [7, 11) is 3.81. The molecule has 0 radical (unpaired) electrons. The van der Waals surface area contributed by atoms with E-state index in [0.717, 1.165) is 5.95 Å². The van der Waals surface area contributed by atoms with Crippen LogP contribution in [0.5, 0.6) is 0 Å². The van der Waals surface area contributed by atoms with Crippen LogP contribution in [0.2, 0.25) is 5.28 Å². The van der Waals surface area contributed by atoms with Gasteiger partial charge < -0.3 is 4.90 Å². The molecule has 1 aromatic heterocycles. The first-order valence-corrected chi connectivity index (χ1v) is 4.19. The number of halogens is 1. The van der Waals surface area contributed by atoms with Crippen LogP contribution in [0.4, 0.5) is 5.95 Å². The lowest BCUT2D eigenvalue weighted by molar-refractivity contribution is 0.706. The molecular formula is C7H13ClN4. The van der Waals surface area contributed by atoms with E-state index in [1.165, 1.54) is 0 Å². The second-order valence-corrected chi connectivity index (χ2v) is 3.37. The molecular weight excluding hydrogens is 176 g/mol. The molecule has 0 aromatic carbocycles. The number of hydrogen-bond acceptors (Lipinski definition) is 3. The highest BCUT2D eigenvalue weighted by atomic mass is 35.5. The van der Waals surface area contributed by atoms with Gasteiger partial charge in [0.2, 0.25) is 11.2 Å². The Hall–Kier alpha value is -0.770. The first kappa shape index (κ1) is 9.32. The van der Waals surface area contributed by atoms with E-state index < -0.39 is 0 Å². The maximum Gasteiger partial charge on any atom is 0.227 e. The van der Waals surface area contributed by atoms with Gasteiger partial charge in [-0.25, -0.2) is 0 Å². The van der Waals surface area contributed by atoms with E-state index in [1.54, 1.807) is 4.57 Å². The molecule has 0 aliphatic carbocycles. The largest absolute Gasteiger partial charge is 0.342 e. The molecule has 1 heterocycles. The van der Waals surface area contributed by atoms with Gasteiger partial charge in [0.1, 0.15) is 0 Å². The molecule has 4 nitrogen and oxygen atoms in total. The average molecular weight is 189 g/mol. The first-order chi connectivity index (χ1) is 5.54. The minimum atomic E-state index is 0.393. The Morgan fingerprint density at radius 3 is 2.33 bits per heavy atom. The molecule has 0 fully saturated rings. The number of rotatable bonds is 2. The molecule has 0 aliphatic rings. The molecule has 1 rings (SSSR count). The highest BCUT2D eigenvalue weighted by molar-refractivity contribution is 6.28. The second kappa shape index (κ2) is 3.31. The van der Waals surface area contributed by atoms with Gasteiger partial charge in [0.25, 0.3) is 0 Å². The third kappa shape index (κ3) is 1.53. The van der Waals surface area contributed by atoms with E-state index in [-0.39, 0.29) is 0 Å². The lowest BCUT2D eigenvalue weighted by atomic mass is 10.4. The monoisotopic (exact) mass is 188 g/mol. The van der Waals surface area contributed by atoms with Gasteiger partial charge in [0.05, 0.1) is 0 Å². The van der Waals surface area contributed by atoms with Crippen LogP contribution in [0.15, 0.2) is 0 Å². The average Bonchev–Trinajstić information content (AvgIpc) is 2.32. The van der Waals surface area contributed by atoms with Crippen molar-refractivity contribution in [3.05, 3.63) is 5.28 Å². The second-order valence-electron chi connectivity index (χ2n) is 3.03. The van der Waals surface area contributed by atoms with Crippen LogP contribution in [0.3, 0.4) is 0 Å². The van der Waals surface area contributed by atoms with Gasteiger partial charge in [-0.3, -0.25) is 4.57 Å². The van der Waals surface area contributed by atoms with Crippen LogP contribution < -0.4 is 4.90 Å². The van der Waals surface area contributed by atoms with Crippen LogP contribution in [0, 0.1) is 0 Å². The smallest absolute Gasteiger partial charge is 0.227 e. The molecule has 0 saturated heterocycles. The van der Waals surface area contributed by atoms with Gasteiger partial charge in [-0.05, 0) is 25.4 Å². The van der Waals surface area contributed by atoms with Crippen molar-refractivity contribution in [1.82, 2.24) is 14.8 Å². The van der Waals surface area contributed by atoms with Gasteiger partial charge in [0.15, 0.2) is 0 Å². The van der Waals surface area contributed by atoms with Gasteiger partial charge in [-0.15, -0.1) is 10.2 Å². The van der Waals surface area contributed by atoms with Crippen molar-refractivity contribution < 1.29 is 0 Å². The summed E-state index contributed by atoms with van der Waals surface area (Å²) >= 11 is 5.74. The highest BCUT2D eigenvalue weighted by Gasteiger charge is 2.12. The van der Waals surface area contributed by atoms with Crippen molar-refractivity contribution in [1.29, 1.82) is 0 Å². The van der Waals surface area contributed by atoms with Gasteiger partial charge in [-0.1, -0.05) is 0 Å². The minimum Gasteiger partial charge on any atom is -0.342 e. The Labute approximate surface area is 77.1 Å². The van der Waals surface area contributed by atoms with E-state index in [9.17, 15) is 0 Å². The van der Waals surface area contributed by atoms with Crippen LogP contribution in [-0.4, -0.2) is 27.9 Å². The lowest BCUT2D eigenvalue weighted by Gasteiger charge is -2.21. The van der Waals surface area contributed by atoms with E-state index in [1.807, 2.05) is 19.0 Å². The van der Waals surface area contributed by atoms with Crippen molar-refractivity contribution in [3.63, 3.8) is 0 Å². The van der Waals surface area contributed by atoms with E-state index in [0.29, 0.717) is 11.3 Å². The molecule has 5 heteroatoms. The molecule has 12 heavy (non-hydrogen) atoms. The Morgan fingerprint density at radius 2 is 2.00 bits per heavy atom. The molecule has 0 spiro atoms. The Balaban J connectivity index is 2.95. The third-order valence-electron chi connectivity index (χ3n) is 1.89. The SMILES string of the molecule is CC(C)N(C)c1nnc(Cl)n1C. The van der Waals surface area contributed by atoms with E-state index in [2.05, 4.69) is 24.0 Å². The normalized spacial score (nSPS) is 10.8. The Bertz CT molecular complexity index is 268. The number of aromatic nitrogens is 3. The van der Waals surface area contributed by atoms with Crippen molar-refractivity contribution in [2.75, 3.05) is 11.9 Å². The lowest BCUT2D eigenvalue weighted by Crippen LogP contribution is -2.28. The van der Waals surface area contributed by atoms with Crippen LogP contribution in [0.1, 0.15) is 13.8 Å². The topological polar surface area (TPSA) is 34.0 Å². The zero-order chi connectivity index (χ0) is 9.30. The summed E-state index contributed by atoms with van der Waals surface area (Å²) in [6.07, 6.45) is 0. The van der Waals surface area contributed by atoms with Crippen LogP contribution >= 0.6 is 11.6 Å². The highest BCUT2D eigenvalue weighted by Crippen LogP contribution is 2.14. The molecule has 0 unspecified atom stereocenters. The summed E-state index contributed by atoms with van der Waals surface area (Å²) < 4.78 is 1.75. The predicted molar refractivity (Wildman–Crippen MR) is 49.6 cm³/mol. The fourth-order valence-corrected chi connectivity index (χ4v) is 0.954. The van der Waals surface area contributed by atoms with Crippen molar-refractivity contribution in [3.8, 4) is 0 Å². The van der Waals surface area contributed by atoms with Gasteiger partial charge in [0, 0.05) is 20.1 Å². The van der Waals surface area contributed by atoms with Crippen LogP contribution in [0.25, 0.3) is 0 Å². The molecule has 68 valence electrons. The molecule has 0 atom stereocenters. The van der Waals surface area contributed by atoms with Crippen molar-refractivity contribution in [2.45, 2.75) is 19.9 Å². The zero-order valence-corrected chi connectivity index (χ0v) is 8.50. The number of nitrogens with zero attached hydrogens (tertiary/aromatic N) is 4. The maximum absolute atomic E-state index is 5.74. The standard InChI is InChI=1S/C7H13ClN4/c1-5(2)11(3)7-10-9-6(8)12(7)4/h5H,1-4H3. The summed E-state index contributed by atoms with van der Waals surface area (Å²) in [6.45, 7) is 4.17. The molecule has 0 saturated carbocycles. The molecule has 0 bridgehead atoms. The quantitative estimate of drug-likeness (QED) is 0.702.